The molecule has 0 heterocycles. The zero-order valence-electron chi connectivity index (χ0n) is 14.2. The fourth-order valence-corrected chi connectivity index (χ4v) is 1.76. The van der Waals surface area contributed by atoms with Crippen LogP contribution in [0.3, 0.4) is 0 Å². The summed E-state index contributed by atoms with van der Waals surface area (Å²) in [5.74, 6) is -1.34. The zero-order valence-corrected chi connectivity index (χ0v) is 17.1. The van der Waals surface area contributed by atoms with Crippen LogP contribution in [0.2, 0.25) is 0 Å². The second-order valence-electron chi connectivity index (χ2n) is 5.12. The van der Waals surface area contributed by atoms with Crippen LogP contribution < -0.4 is 0 Å². The van der Waals surface area contributed by atoms with Crippen molar-refractivity contribution in [2.24, 2.45) is 0 Å². The Morgan fingerprint density at radius 3 is 1.14 bits per heavy atom. The first-order valence-corrected chi connectivity index (χ1v) is 7.98. The molecule has 5 nitrogen and oxygen atoms in total. The second kappa shape index (κ2) is 25.6. The van der Waals surface area contributed by atoms with Crippen LogP contribution in [-0.4, -0.2) is 51.3 Å². The van der Waals surface area contributed by atoms with Crippen molar-refractivity contribution in [3.8, 4) is 0 Å². The molecule has 22 heavy (non-hydrogen) atoms. The average molecular weight is 436 g/mol. The number of hydrogen-bond acceptors (Lipinski definition) is 2. The van der Waals surface area contributed by atoms with Gasteiger partial charge >= 0.3 is 35.6 Å². The molecule has 0 aromatic heterocycles. The maximum absolute atomic E-state index is 10.0. The predicted molar refractivity (Wildman–Crippen MR) is 94.2 cm³/mol. The number of unbranched alkanes of at least 4 members (excludes halogenated alkanes) is 8. The van der Waals surface area contributed by atoms with Crippen molar-refractivity contribution in [1.82, 2.24) is 0 Å². The summed E-state index contributed by atoms with van der Waals surface area (Å²) in [5, 5.41) is 16.5. The molecular weight excluding hydrogens is 400 g/mol. The van der Waals surface area contributed by atoms with Gasteiger partial charge < -0.3 is 15.7 Å². The molecule has 0 unspecified atom stereocenters. The van der Waals surface area contributed by atoms with Gasteiger partial charge in [-0.2, -0.15) is 0 Å². The summed E-state index contributed by atoms with van der Waals surface area (Å²) in [7, 11) is 0. The van der Waals surface area contributed by atoms with E-state index in [0.717, 1.165) is 25.7 Å². The van der Waals surface area contributed by atoms with E-state index in [9.17, 15) is 9.59 Å². The molecule has 0 aromatic rings. The molecule has 0 radical (unpaired) electrons. The summed E-state index contributed by atoms with van der Waals surface area (Å²) in [6.07, 6.45) is 11.8. The van der Waals surface area contributed by atoms with Gasteiger partial charge in [0.2, 0.25) is 0 Å². The van der Waals surface area contributed by atoms with Gasteiger partial charge in [-0.15, -0.1) is 0 Å². The van der Waals surface area contributed by atoms with E-state index in [0.29, 0.717) is 12.8 Å². The Balaban J connectivity index is -0.000000135. The van der Waals surface area contributed by atoms with Gasteiger partial charge in [0.15, 0.2) is 0 Å². The third-order valence-corrected chi connectivity index (χ3v) is 2.99. The van der Waals surface area contributed by atoms with Crippen molar-refractivity contribution in [1.29, 1.82) is 0 Å². The first kappa shape index (κ1) is 29.7. The van der Waals surface area contributed by atoms with E-state index >= 15 is 0 Å². The number of aliphatic carboxylic acids is 2. The normalized spacial score (nSPS) is 8.82. The molecule has 0 aliphatic rings. The van der Waals surface area contributed by atoms with Crippen LogP contribution in [0.25, 0.3) is 0 Å². The van der Waals surface area contributed by atoms with Crippen molar-refractivity contribution in [2.45, 2.75) is 90.9 Å². The average Bonchev–Trinajstić information content (AvgIpc) is 2.38. The Morgan fingerprint density at radius 1 is 0.636 bits per heavy atom. The molecule has 0 saturated heterocycles. The maximum atomic E-state index is 10.0. The molecule has 0 saturated carbocycles. The molecule has 0 rings (SSSR count). The minimum absolute atomic E-state index is 0. The van der Waals surface area contributed by atoms with E-state index in [1.54, 1.807) is 0 Å². The van der Waals surface area contributed by atoms with Crippen LogP contribution in [0.5, 0.6) is 0 Å². The molecule has 4 N–H and O–H groups in total. The third-order valence-electron chi connectivity index (χ3n) is 2.99. The molecule has 0 spiro atoms. The van der Waals surface area contributed by atoms with Gasteiger partial charge in [0.05, 0.1) is 0 Å². The summed E-state index contributed by atoms with van der Waals surface area (Å²) in [6, 6.07) is 0. The van der Waals surface area contributed by atoms with Gasteiger partial charge in [0, 0.05) is 12.8 Å². The number of carboxylic acids is 2. The molecule has 0 fully saturated rings. The van der Waals surface area contributed by atoms with Gasteiger partial charge in [0.1, 0.15) is 0 Å². The number of carbonyl (C=O) groups is 2. The number of hydrogen-bond donors (Lipinski definition) is 2. The molecule has 136 valence electrons. The van der Waals surface area contributed by atoms with E-state index in [4.69, 9.17) is 10.2 Å². The van der Waals surface area contributed by atoms with Gasteiger partial charge in [-0.25, -0.2) is 0 Å². The quantitative estimate of drug-likeness (QED) is 0.362. The minimum atomic E-state index is -0.670. The number of carboxylic acid groups (broad SMARTS) is 2. The Morgan fingerprint density at radius 2 is 0.909 bits per heavy atom. The van der Waals surface area contributed by atoms with Gasteiger partial charge in [-0.05, 0) is 12.8 Å². The Hall–Kier alpha value is -0.310. The van der Waals surface area contributed by atoms with Crippen LogP contribution in [-0.2, 0) is 9.59 Å². The van der Waals surface area contributed by atoms with Crippen LogP contribution in [0.1, 0.15) is 90.9 Å². The van der Waals surface area contributed by atoms with Crippen molar-refractivity contribution in [2.75, 3.05) is 0 Å². The molecule has 6 heteroatoms. The summed E-state index contributed by atoms with van der Waals surface area (Å²) in [5.41, 5.74) is 0. The van der Waals surface area contributed by atoms with Crippen LogP contribution >= 0.6 is 0 Å². The molecule has 0 amide bonds. The third kappa shape index (κ3) is 36.7. The summed E-state index contributed by atoms with van der Waals surface area (Å²) >= 11 is 0. The molecule has 0 aliphatic carbocycles. The molecule has 0 aliphatic heterocycles. The summed E-state index contributed by atoms with van der Waals surface area (Å²) < 4.78 is 0. The standard InChI is InChI=1S/2C8H16O2.H2O.H2Te/c2*1-2-3-4-5-6-7-8(9)10;;/h2*2-7H2,1H3,(H,9,10);2*1H2. The number of rotatable bonds is 12. The molecule has 0 bridgehead atoms. The Bertz CT molecular complexity index is 211. The van der Waals surface area contributed by atoms with E-state index in [1.807, 2.05) is 0 Å². The van der Waals surface area contributed by atoms with Crippen molar-refractivity contribution in [3.63, 3.8) is 0 Å². The first-order valence-electron chi connectivity index (χ1n) is 7.98. The van der Waals surface area contributed by atoms with Crippen LogP contribution in [0.15, 0.2) is 0 Å². The van der Waals surface area contributed by atoms with E-state index < -0.39 is 11.9 Å². The van der Waals surface area contributed by atoms with Crippen molar-refractivity contribution >= 4 is 35.6 Å². The fourth-order valence-electron chi connectivity index (χ4n) is 1.76. The van der Waals surface area contributed by atoms with Gasteiger partial charge in [-0.1, -0.05) is 65.2 Å². The zero-order chi connectivity index (χ0) is 15.6. The summed E-state index contributed by atoms with van der Waals surface area (Å²) in [6.45, 7) is 4.30. The first-order chi connectivity index (χ1) is 9.54. The van der Waals surface area contributed by atoms with Crippen molar-refractivity contribution in [3.05, 3.63) is 0 Å². The molecular formula is C16H36O5Te. The van der Waals surface area contributed by atoms with E-state index in [1.165, 1.54) is 38.5 Å². The molecule has 0 aromatic carbocycles. The summed E-state index contributed by atoms with van der Waals surface area (Å²) in [4.78, 5) is 20.1. The fraction of sp³-hybridized carbons (Fsp3) is 0.875. The van der Waals surface area contributed by atoms with Crippen molar-refractivity contribution < 1.29 is 25.3 Å². The monoisotopic (exact) mass is 438 g/mol. The second-order valence-corrected chi connectivity index (χ2v) is 5.12. The SMILES string of the molecule is CCCCCCCC(=O)O.CCCCCCCC(=O)O.O.[TeH2]. The predicted octanol–water partition coefficient (Wildman–Crippen LogP) is 3.12. The Kier molecular flexibility index (Phi) is 34.6. The van der Waals surface area contributed by atoms with Gasteiger partial charge in [-0.3, -0.25) is 9.59 Å². The van der Waals surface area contributed by atoms with E-state index in [2.05, 4.69) is 13.8 Å². The molecule has 0 atom stereocenters. The van der Waals surface area contributed by atoms with Crippen LogP contribution in [0.4, 0.5) is 0 Å². The van der Waals surface area contributed by atoms with Crippen LogP contribution in [0, 0.1) is 0 Å². The van der Waals surface area contributed by atoms with E-state index in [-0.39, 0.29) is 29.1 Å². The Labute approximate surface area is 151 Å². The van der Waals surface area contributed by atoms with Gasteiger partial charge in [0.25, 0.3) is 0 Å². The topological polar surface area (TPSA) is 106 Å².